The lowest BCUT2D eigenvalue weighted by Crippen LogP contribution is -2.48. The molecule has 0 saturated carbocycles. The lowest BCUT2D eigenvalue weighted by atomic mass is 10.0. The van der Waals surface area contributed by atoms with E-state index in [1.54, 1.807) is 0 Å². The predicted molar refractivity (Wildman–Crippen MR) is 70.5 cm³/mol. The number of aromatic hydroxyl groups is 2. The van der Waals surface area contributed by atoms with Crippen molar-refractivity contribution in [1.29, 1.82) is 0 Å². The highest BCUT2D eigenvalue weighted by Crippen LogP contribution is 2.27. The van der Waals surface area contributed by atoms with Crippen LogP contribution in [0.25, 0.3) is 0 Å². The Labute approximate surface area is 116 Å². The summed E-state index contributed by atoms with van der Waals surface area (Å²) in [6.07, 6.45) is 2.17. The van der Waals surface area contributed by atoms with E-state index in [-0.39, 0.29) is 17.1 Å². The molecule has 1 fully saturated rings. The molecule has 20 heavy (non-hydrogen) atoms. The van der Waals surface area contributed by atoms with E-state index in [0.717, 1.165) is 12.8 Å². The van der Waals surface area contributed by atoms with Crippen LogP contribution in [0.5, 0.6) is 11.5 Å². The topological polar surface area (TPSA) is 87.1 Å². The van der Waals surface area contributed by atoms with Crippen LogP contribution in [0.1, 0.15) is 29.6 Å². The fourth-order valence-electron chi connectivity index (χ4n) is 2.41. The van der Waals surface area contributed by atoms with Crippen molar-refractivity contribution < 1.29 is 24.5 Å². The maximum Gasteiger partial charge on any atom is 0.328 e. The van der Waals surface area contributed by atoms with Crippen molar-refractivity contribution in [3.63, 3.8) is 0 Å². The van der Waals surface area contributed by atoms with Crippen molar-refractivity contribution in [2.75, 3.05) is 13.7 Å². The van der Waals surface area contributed by atoms with Crippen LogP contribution in [0.15, 0.2) is 18.2 Å². The summed E-state index contributed by atoms with van der Waals surface area (Å²) in [7, 11) is 1.28. The molecule has 1 aliphatic heterocycles. The van der Waals surface area contributed by atoms with Crippen LogP contribution in [0.2, 0.25) is 0 Å². The minimum absolute atomic E-state index is 0.0131. The first-order chi connectivity index (χ1) is 9.54. The molecule has 1 aromatic rings. The first-order valence-corrected chi connectivity index (χ1v) is 6.45. The lowest BCUT2D eigenvalue weighted by molar-refractivity contribution is -0.147. The van der Waals surface area contributed by atoms with Crippen LogP contribution < -0.4 is 0 Å². The predicted octanol–water partition coefficient (Wildman–Crippen LogP) is 1.27. The second-order valence-corrected chi connectivity index (χ2v) is 4.73. The van der Waals surface area contributed by atoms with Crippen LogP contribution >= 0.6 is 0 Å². The Morgan fingerprint density at radius 1 is 1.30 bits per heavy atom. The van der Waals surface area contributed by atoms with Crippen molar-refractivity contribution in [2.45, 2.75) is 25.3 Å². The Kier molecular flexibility index (Phi) is 4.12. The number of ether oxygens (including phenoxy) is 1. The Bertz CT molecular complexity index is 528. The molecule has 1 amide bonds. The van der Waals surface area contributed by atoms with Crippen molar-refractivity contribution in [3.05, 3.63) is 23.8 Å². The van der Waals surface area contributed by atoms with Gasteiger partial charge in [-0.15, -0.1) is 0 Å². The van der Waals surface area contributed by atoms with E-state index < -0.39 is 17.9 Å². The van der Waals surface area contributed by atoms with Gasteiger partial charge in [0.25, 0.3) is 5.91 Å². The molecule has 0 aromatic heterocycles. The minimum Gasteiger partial charge on any atom is -0.508 e. The number of methoxy groups -OCH3 is 1. The van der Waals surface area contributed by atoms with Crippen LogP contribution in [0, 0.1) is 0 Å². The summed E-state index contributed by atoms with van der Waals surface area (Å²) in [4.78, 5) is 25.6. The average molecular weight is 279 g/mol. The molecular formula is C14H17NO5. The number of esters is 1. The molecule has 0 bridgehead atoms. The molecule has 1 heterocycles. The quantitative estimate of drug-likeness (QED) is 0.628. The molecule has 1 saturated heterocycles. The molecule has 2 rings (SSSR count). The minimum atomic E-state index is -0.636. The van der Waals surface area contributed by atoms with E-state index in [1.807, 2.05) is 0 Å². The lowest BCUT2D eigenvalue weighted by Gasteiger charge is -2.33. The fourth-order valence-corrected chi connectivity index (χ4v) is 2.41. The maximum atomic E-state index is 12.5. The number of rotatable bonds is 2. The number of phenolic OH excluding ortho intramolecular Hbond substituents is 2. The number of amides is 1. The number of likely N-dealkylation sites (tertiary alicyclic amines) is 1. The monoisotopic (exact) mass is 279 g/mol. The van der Waals surface area contributed by atoms with Gasteiger partial charge >= 0.3 is 5.97 Å². The van der Waals surface area contributed by atoms with Gasteiger partial charge in [-0.3, -0.25) is 4.79 Å². The standard InChI is InChI=1S/C14H17NO5/c1-20-14(19)11-4-2-3-7-15(11)13(18)10-8-9(16)5-6-12(10)17/h5-6,8,11,16-17H,2-4,7H2,1H3/t11-/m1/s1. The number of carbonyl (C=O) groups is 2. The van der Waals surface area contributed by atoms with Crippen molar-refractivity contribution in [3.8, 4) is 11.5 Å². The Balaban J connectivity index is 2.30. The van der Waals surface area contributed by atoms with Gasteiger partial charge in [-0.25, -0.2) is 4.79 Å². The van der Waals surface area contributed by atoms with Crippen molar-refractivity contribution in [2.24, 2.45) is 0 Å². The van der Waals surface area contributed by atoms with Gasteiger partial charge in [0.05, 0.1) is 12.7 Å². The normalized spacial score (nSPS) is 18.6. The number of nitrogens with zero attached hydrogens (tertiary/aromatic N) is 1. The number of piperidine rings is 1. The van der Waals surface area contributed by atoms with Gasteiger partial charge in [-0.2, -0.15) is 0 Å². The Morgan fingerprint density at radius 2 is 2.05 bits per heavy atom. The van der Waals surface area contributed by atoms with Gasteiger partial charge in [0.1, 0.15) is 17.5 Å². The van der Waals surface area contributed by atoms with Crippen LogP contribution in [0.3, 0.4) is 0 Å². The molecule has 0 unspecified atom stereocenters. The summed E-state index contributed by atoms with van der Waals surface area (Å²) in [6.45, 7) is 0.424. The van der Waals surface area contributed by atoms with E-state index in [1.165, 1.54) is 30.2 Å². The SMILES string of the molecule is COC(=O)[C@H]1CCCCN1C(=O)c1cc(O)ccc1O. The largest absolute Gasteiger partial charge is 0.508 e. The number of hydrogen-bond donors (Lipinski definition) is 2. The zero-order valence-corrected chi connectivity index (χ0v) is 11.2. The molecule has 6 nitrogen and oxygen atoms in total. The highest BCUT2D eigenvalue weighted by molar-refractivity contribution is 5.99. The van der Waals surface area contributed by atoms with Crippen molar-refractivity contribution >= 4 is 11.9 Å². The second kappa shape index (κ2) is 5.81. The fraction of sp³-hybridized carbons (Fsp3) is 0.429. The maximum absolute atomic E-state index is 12.5. The van der Waals surface area contributed by atoms with E-state index in [4.69, 9.17) is 4.74 Å². The third-order valence-corrected chi connectivity index (χ3v) is 3.45. The molecular weight excluding hydrogens is 262 g/mol. The van der Waals surface area contributed by atoms with Crippen LogP contribution in [-0.2, 0) is 9.53 Å². The molecule has 6 heteroatoms. The second-order valence-electron chi connectivity index (χ2n) is 4.73. The third kappa shape index (κ3) is 2.68. The zero-order chi connectivity index (χ0) is 14.7. The highest BCUT2D eigenvalue weighted by atomic mass is 16.5. The Morgan fingerprint density at radius 3 is 2.75 bits per heavy atom. The van der Waals surface area contributed by atoms with Gasteiger partial charge in [0.15, 0.2) is 0 Å². The van der Waals surface area contributed by atoms with E-state index in [2.05, 4.69) is 0 Å². The number of phenols is 2. The molecule has 2 N–H and O–H groups in total. The van der Waals surface area contributed by atoms with Gasteiger partial charge in [-0.05, 0) is 37.5 Å². The molecule has 1 aromatic carbocycles. The molecule has 0 spiro atoms. The summed E-state index contributed by atoms with van der Waals surface area (Å²) in [5.74, 6) is -1.27. The van der Waals surface area contributed by atoms with Crippen LogP contribution in [0.4, 0.5) is 0 Å². The van der Waals surface area contributed by atoms with Gasteiger partial charge in [-0.1, -0.05) is 0 Å². The third-order valence-electron chi connectivity index (χ3n) is 3.45. The van der Waals surface area contributed by atoms with Gasteiger partial charge < -0.3 is 19.8 Å². The summed E-state index contributed by atoms with van der Waals surface area (Å²) < 4.78 is 4.72. The molecule has 0 radical (unpaired) electrons. The molecule has 108 valence electrons. The first kappa shape index (κ1) is 14.2. The molecule has 1 aliphatic rings. The Hall–Kier alpha value is -2.24. The van der Waals surface area contributed by atoms with E-state index >= 15 is 0 Å². The highest BCUT2D eigenvalue weighted by Gasteiger charge is 2.34. The summed E-state index contributed by atoms with van der Waals surface area (Å²) in [5, 5.41) is 19.2. The number of hydrogen-bond acceptors (Lipinski definition) is 5. The smallest absolute Gasteiger partial charge is 0.328 e. The van der Waals surface area contributed by atoms with Crippen molar-refractivity contribution in [1.82, 2.24) is 4.90 Å². The van der Waals surface area contributed by atoms with Crippen LogP contribution in [-0.4, -0.2) is 46.7 Å². The molecule has 1 atom stereocenters. The average Bonchev–Trinajstić information content (AvgIpc) is 2.48. The van der Waals surface area contributed by atoms with Gasteiger partial charge in [0.2, 0.25) is 0 Å². The first-order valence-electron chi connectivity index (χ1n) is 6.45. The molecule has 0 aliphatic carbocycles. The van der Waals surface area contributed by atoms with E-state index in [9.17, 15) is 19.8 Å². The van der Waals surface area contributed by atoms with Gasteiger partial charge in [0, 0.05) is 6.54 Å². The number of carbonyl (C=O) groups excluding carboxylic acids is 2. The number of benzene rings is 1. The van der Waals surface area contributed by atoms with E-state index in [0.29, 0.717) is 13.0 Å². The summed E-state index contributed by atoms with van der Waals surface area (Å²) in [6, 6.07) is 3.10. The summed E-state index contributed by atoms with van der Waals surface area (Å²) in [5.41, 5.74) is -0.0131. The summed E-state index contributed by atoms with van der Waals surface area (Å²) >= 11 is 0. The zero-order valence-electron chi connectivity index (χ0n) is 11.2.